The average molecular weight is 421 g/mol. The Labute approximate surface area is 181 Å². The van der Waals surface area contributed by atoms with Crippen molar-refractivity contribution < 1.29 is 19.5 Å². The van der Waals surface area contributed by atoms with Crippen molar-refractivity contribution in [3.05, 3.63) is 71.8 Å². The minimum atomic E-state index is -1.31. The summed E-state index contributed by atoms with van der Waals surface area (Å²) in [6.07, 6.45) is 2.25. The Morgan fingerprint density at radius 3 is 2.19 bits per heavy atom. The zero-order valence-corrected chi connectivity index (χ0v) is 17.4. The number of urea groups is 1. The molecule has 1 atom stereocenters. The van der Waals surface area contributed by atoms with Crippen LogP contribution in [0.25, 0.3) is 0 Å². The summed E-state index contributed by atoms with van der Waals surface area (Å²) in [6.45, 7) is 0.985. The molecule has 162 valence electrons. The minimum absolute atomic E-state index is 0.0428. The summed E-state index contributed by atoms with van der Waals surface area (Å²) in [5, 5.41) is 14.3. The maximum absolute atomic E-state index is 13.1. The quantitative estimate of drug-likeness (QED) is 0.671. The number of hydrogen-bond acceptors (Lipinski definition) is 4. The maximum atomic E-state index is 13.1. The van der Waals surface area contributed by atoms with Gasteiger partial charge in [0, 0.05) is 19.5 Å². The van der Waals surface area contributed by atoms with Crippen molar-refractivity contribution in [2.24, 2.45) is 0 Å². The molecule has 2 aromatic rings. The van der Waals surface area contributed by atoms with Crippen molar-refractivity contribution in [1.82, 2.24) is 15.1 Å². The van der Waals surface area contributed by atoms with E-state index in [0.29, 0.717) is 25.9 Å². The number of hydrogen-bond donors (Lipinski definition) is 2. The van der Waals surface area contributed by atoms with Gasteiger partial charge in [0.1, 0.15) is 12.1 Å². The third-order valence-electron chi connectivity index (χ3n) is 6.17. The van der Waals surface area contributed by atoms with E-state index >= 15 is 0 Å². The van der Waals surface area contributed by atoms with Gasteiger partial charge in [-0.3, -0.25) is 14.9 Å². The number of aliphatic hydroxyl groups is 1. The number of carbonyl (C=O) groups excluding carboxylic acids is 3. The third kappa shape index (κ3) is 4.18. The van der Waals surface area contributed by atoms with Gasteiger partial charge in [-0.1, -0.05) is 60.7 Å². The fraction of sp³-hybridized carbons (Fsp3) is 0.375. The number of amides is 4. The molecule has 4 rings (SSSR count). The molecule has 2 aliphatic rings. The fourth-order valence-electron chi connectivity index (χ4n) is 4.66. The molecule has 0 aliphatic carbocycles. The van der Waals surface area contributed by atoms with Gasteiger partial charge in [-0.05, 0) is 30.4 Å². The van der Waals surface area contributed by atoms with E-state index < -0.39 is 11.6 Å². The second kappa shape index (κ2) is 8.89. The second-order valence-electron chi connectivity index (χ2n) is 8.12. The first-order chi connectivity index (χ1) is 15.0. The molecule has 0 saturated carbocycles. The van der Waals surface area contributed by atoms with Gasteiger partial charge in [-0.25, -0.2) is 4.79 Å². The van der Waals surface area contributed by atoms with Crippen LogP contribution in [0.3, 0.4) is 0 Å². The zero-order valence-electron chi connectivity index (χ0n) is 17.4. The zero-order chi connectivity index (χ0) is 21.8. The first-order valence-electron chi connectivity index (χ1n) is 10.7. The van der Waals surface area contributed by atoms with Crippen molar-refractivity contribution in [2.75, 3.05) is 19.6 Å². The highest BCUT2D eigenvalue weighted by atomic mass is 16.3. The molecule has 7 nitrogen and oxygen atoms in total. The molecule has 2 saturated heterocycles. The van der Waals surface area contributed by atoms with Crippen LogP contribution in [0.2, 0.25) is 0 Å². The van der Waals surface area contributed by atoms with Crippen LogP contribution in [0.1, 0.15) is 36.8 Å². The van der Waals surface area contributed by atoms with Gasteiger partial charge in [0.25, 0.3) is 0 Å². The predicted molar refractivity (Wildman–Crippen MR) is 115 cm³/mol. The molecule has 7 heteroatoms. The third-order valence-corrected chi connectivity index (χ3v) is 6.17. The smallest absolute Gasteiger partial charge is 0.324 e. The largest absolute Gasteiger partial charge is 0.378 e. The van der Waals surface area contributed by atoms with Crippen molar-refractivity contribution in [2.45, 2.75) is 37.3 Å². The maximum Gasteiger partial charge on any atom is 0.324 e. The monoisotopic (exact) mass is 421 g/mol. The number of carbonyl (C=O) groups is 3. The van der Waals surface area contributed by atoms with Crippen LogP contribution in [0, 0.1) is 0 Å². The highest BCUT2D eigenvalue weighted by molar-refractivity contribution is 6.01. The van der Waals surface area contributed by atoms with E-state index in [-0.39, 0.29) is 30.8 Å². The molecule has 0 spiro atoms. The Balaban J connectivity index is 1.51. The molecule has 0 radical (unpaired) electrons. The van der Waals surface area contributed by atoms with E-state index in [1.165, 1.54) is 4.90 Å². The van der Waals surface area contributed by atoms with E-state index in [9.17, 15) is 19.5 Å². The number of nitrogens with one attached hydrogen (secondary N) is 1. The molecular weight excluding hydrogens is 394 g/mol. The molecule has 31 heavy (non-hydrogen) atoms. The van der Waals surface area contributed by atoms with Gasteiger partial charge in [0.15, 0.2) is 0 Å². The SMILES string of the molecule is O=C1CN(CCCC(=O)N2CCC[C@H]2C(O)(c2ccccc2)c2ccccc2)C(=O)N1. The van der Waals surface area contributed by atoms with Gasteiger partial charge >= 0.3 is 6.03 Å². The molecule has 0 aromatic heterocycles. The lowest BCUT2D eigenvalue weighted by Crippen LogP contribution is -2.50. The van der Waals surface area contributed by atoms with E-state index in [0.717, 1.165) is 17.5 Å². The fourth-order valence-corrected chi connectivity index (χ4v) is 4.66. The molecule has 0 bridgehead atoms. The Morgan fingerprint density at radius 2 is 1.65 bits per heavy atom. The van der Waals surface area contributed by atoms with Crippen molar-refractivity contribution in [3.8, 4) is 0 Å². The number of benzene rings is 2. The summed E-state index contributed by atoms with van der Waals surface area (Å²) in [5.41, 5.74) is 0.215. The van der Waals surface area contributed by atoms with Crippen LogP contribution in [-0.2, 0) is 15.2 Å². The summed E-state index contributed by atoms with van der Waals surface area (Å²) in [4.78, 5) is 39.3. The Kier molecular flexibility index (Phi) is 6.04. The van der Waals surface area contributed by atoms with E-state index in [4.69, 9.17) is 0 Å². The molecule has 2 aliphatic heterocycles. The van der Waals surface area contributed by atoms with E-state index in [1.54, 1.807) is 4.90 Å². The summed E-state index contributed by atoms with van der Waals surface area (Å²) in [5.74, 6) is -0.356. The molecule has 0 unspecified atom stereocenters. The Hall–Kier alpha value is -3.19. The molecular formula is C24H27N3O4. The standard InChI is InChI=1S/C24H27N3O4/c28-21-17-26(23(30)25-21)15-8-14-22(29)27-16-7-13-20(27)24(31,18-9-3-1-4-10-18)19-11-5-2-6-12-19/h1-6,9-12,20,31H,7-8,13-17H2,(H,25,28,30)/t20-/m0/s1. The molecule has 2 N–H and O–H groups in total. The van der Waals surface area contributed by atoms with E-state index in [2.05, 4.69) is 5.32 Å². The summed E-state index contributed by atoms with van der Waals surface area (Å²) in [6, 6.07) is 18.2. The highest BCUT2D eigenvalue weighted by Gasteiger charge is 2.46. The lowest BCUT2D eigenvalue weighted by Gasteiger charge is -2.40. The first kappa shape index (κ1) is 21.1. The molecule has 4 amide bonds. The molecule has 2 heterocycles. The van der Waals surface area contributed by atoms with Gasteiger partial charge in [-0.15, -0.1) is 0 Å². The summed E-state index contributed by atoms with van der Waals surface area (Å²) < 4.78 is 0. The van der Waals surface area contributed by atoms with Gasteiger partial charge in [0.2, 0.25) is 11.8 Å². The lowest BCUT2D eigenvalue weighted by molar-refractivity contribution is -0.136. The second-order valence-corrected chi connectivity index (χ2v) is 8.12. The van der Waals surface area contributed by atoms with Crippen LogP contribution < -0.4 is 5.32 Å². The highest BCUT2D eigenvalue weighted by Crippen LogP contribution is 2.40. The van der Waals surface area contributed by atoms with Crippen LogP contribution in [-0.4, -0.2) is 58.4 Å². The van der Waals surface area contributed by atoms with Crippen LogP contribution >= 0.6 is 0 Å². The van der Waals surface area contributed by atoms with Gasteiger partial charge < -0.3 is 14.9 Å². The number of likely N-dealkylation sites (tertiary alicyclic amines) is 1. The topological polar surface area (TPSA) is 90.0 Å². The molecule has 2 aromatic carbocycles. The van der Waals surface area contributed by atoms with Gasteiger partial charge in [-0.2, -0.15) is 0 Å². The number of nitrogens with zero attached hydrogens (tertiary/aromatic N) is 2. The van der Waals surface area contributed by atoms with E-state index in [1.807, 2.05) is 60.7 Å². The van der Waals surface area contributed by atoms with Gasteiger partial charge in [0.05, 0.1) is 6.04 Å². The number of rotatable bonds is 7. The minimum Gasteiger partial charge on any atom is -0.378 e. The molecule has 2 fully saturated rings. The Bertz CT molecular complexity index is 908. The van der Waals surface area contributed by atoms with Crippen molar-refractivity contribution >= 4 is 17.8 Å². The van der Waals surface area contributed by atoms with Crippen molar-refractivity contribution in [3.63, 3.8) is 0 Å². The number of imide groups is 1. The van der Waals surface area contributed by atoms with Crippen LogP contribution in [0.4, 0.5) is 4.79 Å². The summed E-state index contributed by atoms with van der Waals surface area (Å²) in [7, 11) is 0. The predicted octanol–water partition coefficient (Wildman–Crippen LogP) is 2.25. The first-order valence-corrected chi connectivity index (χ1v) is 10.7. The van der Waals surface area contributed by atoms with Crippen molar-refractivity contribution in [1.29, 1.82) is 0 Å². The Morgan fingerprint density at radius 1 is 1.03 bits per heavy atom. The van der Waals surface area contributed by atoms with Crippen LogP contribution in [0.15, 0.2) is 60.7 Å². The average Bonchev–Trinajstić information content (AvgIpc) is 3.41. The normalized spacial score (nSPS) is 19.1. The summed E-state index contributed by atoms with van der Waals surface area (Å²) >= 11 is 0. The lowest BCUT2D eigenvalue weighted by atomic mass is 9.79. The van der Waals surface area contributed by atoms with Crippen LogP contribution in [0.5, 0.6) is 0 Å².